The van der Waals surface area contributed by atoms with Crippen molar-refractivity contribution in [3.63, 3.8) is 0 Å². The van der Waals surface area contributed by atoms with Gasteiger partial charge in [-0.1, -0.05) is 6.07 Å². The summed E-state index contributed by atoms with van der Waals surface area (Å²) < 4.78 is 1.48. The smallest absolute Gasteiger partial charge is 0.271 e. The van der Waals surface area contributed by atoms with Crippen LogP contribution in [0, 0.1) is 10.1 Å². The fraction of sp³-hybridized carbons (Fsp3) is 0.100. The molecule has 6 nitrogen and oxygen atoms in total. The third-order valence-corrected chi connectivity index (χ3v) is 3.03. The highest BCUT2D eigenvalue weighted by Crippen LogP contribution is 2.25. The highest BCUT2D eigenvalue weighted by molar-refractivity contribution is 7.98. The lowest BCUT2D eigenvalue weighted by molar-refractivity contribution is -0.384. The highest BCUT2D eigenvalue weighted by Gasteiger charge is 2.11. The Morgan fingerprint density at radius 3 is 2.88 bits per heavy atom. The summed E-state index contributed by atoms with van der Waals surface area (Å²) >= 11 is 1.48. The standard InChI is InChI=1S/C10H10N4O2S/c1-17-9-6-12-13(10(9)11)7-3-2-4-8(5-7)14(15)16/h2-6H,11H2,1H3. The van der Waals surface area contributed by atoms with Gasteiger partial charge in [0.1, 0.15) is 5.82 Å². The number of non-ortho nitro benzene ring substituents is 1. The van der Waals surface area contributed by atoms with E-state index in [1.165, 1.54) is 28.6 Å². The zero-order chi connectivity index (χ0) is 12.4. The zero-order valence-electron chi connectivity index (χ0n) is 9.03. The van der Waals surface area contributed by atoms with Gasteiger partial charge in [0.15, 0.2) is 0 Å². The van der Waals surface area contributed by atoms with E-state index < -0.39 is 4.92 Å². The van der Waals surface area contributed by atoms with Crippen LogP contribution in [0.25, 0.3) is 5.69 Å². The van der Waals surface area contributed by atoms with Gasteiger partial charge in [-0.25, -0.2) is 4.68 Å². The molecule has 0 fully saturated rings. The second-order valence-corrected chi connectivity index (χ2v) is 4.14. The molecule has 1 aromatic carbocycles. The number of nitrogens with zero attached hydrogens (tertiary/aromatic N) is 3. The van der Waals surface area contributed by atoms with E-state index in [0.717, 1.165) is 4.90 Å². The van der Waals surface area contributed by atoms with E-state index in [4.69, 9.17) is 5.73 Å². The Bertz CT molecular complexity index is 567. The largest absolute Gasteiger partial charge is 0.383 e. The molecule has 2 aromatic rings. The number of rotatable bonds is 3. The van der Waals surface area contributed by atoms with Crippen LogP contribution < -0.4 is 5.73 Å². The van der Waals surface area contributed by atoms with Crippen LogP contribution in [-0.2, 0) is 0 Å². The molecule has 0 amide bonds. The lowest BCUT2D eigenvalue weighted by Gasteiger charge is -2.04. The Labute approximate surface area is 102 Å². The van der Waals surface area contributed by atoms with Gasteiger partial charge in [-0.05, 0) is 12.3 Å². The summed E-state index contributed by atoms with van der Waals surface area (Å²) in [5.41, 5.74) is 6.48. The topological polar surface area (TPSA) is 87.0 Å². The number of nitro groups is 1. The van der Waals surface area contributed by atoms with E-state index >= 15 is 0 Å². The van der Waals surface area contributed by atoms with Crippen molar-refractivity contribution in [1.29, 1.82) is 0 Å². The van der Waals surface area contributed by atoms with E-state index in [1.54, 1.807) is 18.3 Å². The van der Waals surface area contributed by atoms with Crippen molar-refractivity contribution in [2.24, 2.45) is 0 Å². The molecule has 1 heterocycles. The Morgan fingerprint density at radius 2 is 2.29 bits per heavy atom. The maximum Gasteiger partial charge on any atom is 0.271 e. The SMILES string of the molecule is CSc1cnn(-c2cccc([N+](=O)[O-])c2)c1N. The molecule has 0 radical (unpaired) electrons. The zero-order valence-corrected chi connectivity index (χ0v) is 9.85. The van der Waals surface area contributed by atoms with Crippen molar-refractivity contribution in [3.8, 4) is 5.69 Å². The van der Waals surface area contributed by atoms with Gasteiger partial charge in [-0.15, -0.1) is 11.8 Å². The van der Waals surface area contributed by atoms with E-state index in [9.17, 15) is 10.1 Å². The number of hydrogen-bond donors (Lipinski definition) is 1. The third kappa shape index (κ3) is 2.09. The summed E-state index contributed by atoms with van der Waals surface area (Å²) in [6.07, 6.45) is 3.53. The van der Waals surface area contributed by atoms with E-state index in [-0.39, 0.29) is 5.69 Å². The lowest BCUT2D eigenvalue weighted by Crippen LogP contribution is -2.02. The minimum Gasteiger partial charge on any atom is -0.383 e. The summed E-state index contributed by atoms with van der Waals surface area (Å²) in [5.74, 6) is 0.484. The molecule has 0 atom stereocenters. The molecule has 2 rings (SSSR count). The summed E-state index contributed by atoms with van der Waals surface area (Å²) in [6.45, 7) is 0. The Balaban J connectivity index is 2.49. The number of thioether (sulfide) groups is 1. The number of aromatic nitrogens is 2. The maximum absolute atomic E-state index is 10.7. The van der Waals surface area contributed by atoms with Crippen molar-refractivity contribution in [2.45, 2.75) is 4.90 Å². The van der Waals surface area contributed by atoms with Gasteiger partial charge in [0.25, 0.3) is 5.69 Å². The predicted octanol–water partition coefficient (Wildman–Crippen LogP) is 2.08. The van der Waals surface area contributed by atoms with Crippen molar-refractivity contribution in [2.75, 3.05) is 12.0 Å². The van der Waals surface area contributed by atoms with Crippen molar-refractivity contribution < 1.29 is 4.92 Å². The molecule has 1 aromatic heterocycles. The first-order valence-corrected chi connectivity index (χ1v) is 5.98. The normalized spacial score (nSPS) is 10.4. The molecule has 88 valence electrons. The van der Waals surface area contributed by atoms with Gasteiger partial charge >= 0.3 is 0 Å². The monoisotopic (exact) mass is 250 g/mol. The third-order valence-electron chi connectivity index (χ3n) is 2.28. The Morgan fingerprint density at radius 1 is 1.53 bits per heavy atom. The first-order valence-electron chi connectivity index (χ1n) is 4.76. The molecule has 0 bridgehead atoms. The molecule has 0 unspecified atom stereocenters. The van der Waals surface area contributed by atoms with E-state index in [1.807, 2.05) is 6.26 Å². The lowest BCUT2D eigenvalue weighted by atomic mass is 10.3. The van der Waals surface area contributed by atoms with E-state index in [2.05, 4.69) is 5.10 Å². The van der Waals surface area contributed by atoms with Crippen LogP contribution in [0.2, 0.25) is 0 Å². The first-order chi connectivity index (χ1) is 8.13. The van der Waals surface area contributed by atoms with Crippen molar-refractivity contribution >= 4 is 23.3 Å². The van der Waals surface area contributed by atoms with Gasteiger partial charge in [-0.2, -0.15) is 5.10 Å². The van der Waals surface area contributed by atoms with Crippen LogP contribution in [0.3, 0.4) is 0 Å². The highest BCUT2D eigenvalue weighted by atomic mass is 32.2. The van der Waals surface area contributed by atoms with Gasteiger partial charge in [-0.3, -0.25) is 10.1 Å². The molecular formula is C10H10N4O2S. The molecule has 0 aliphatic heterocycles. The molecule has 2 N–H and O–H groups in total. The predicted molar refractivity (Wildman–Crippen MR) is 66.4 cm³/mol. The van der Waals surface area contributed by atoms with Gasteiger partial charge in [0.2, 0.25) is 0 Å². The van der Waals surface area contributed by atoms with Crippen LogP contribution in [0.4, 0.5) is 11.5 Å². The molecule has 0 aliphatic rings. The second kappa shape index (κ2) is 4.46. The number of nitrogens with two attached hydrogens (primary N) is 1. The van der Waals surface area contributed by atoms with Crippen LogP contribution in [0.1, 0.15) is 0 Å². The van der Waals surface area contributed by atoms with Gasteiger partial charge in [0, 0.05) is 12.1 Å². The van der Waals surface area contributed by atoms with Gasteiger partial charge in [0.05, 0.1) is 21.7 Å². The Hall–Kier alpha value is -2.02. The van der Waals surface area contributed by atoms with Crippen LogP contribution >= 0.6 is 11.8 Å². The molecule has 17 heavy (non-hydrogen) atoms. The maximum atomic E-state index is 10.7. The molecule has 7 heteroatoms. The number of benzene rings is 1. The van der Waals surface area contributed by atoms with E-state index in [0.29, 0.717) is 11.5 Å². The molecule has 0 spiro atoms. The van der Waals surface area contributed by atoms with Crippen molar-refractivity contribution in [3.05, 3.63) is 40.6 Å². The summed E-state index contributed by atoms with van der Waals surface area (Å²) in [4.78, 5) is 11.1. The Kier molecular flexibility index (Phi) is 3.01. The van der Waals surface area contributed by atoms with Crippen molar-refractivity contribution in [1.82, 2.24) is 9.78 Å². The average Bonchev–Trinajstić information content (AvgIpc) is 2.70. The molecule has 0 aliphatic carbocycles. The number of nitro benzene ring substituents is 1. The van der Waals surface area contributed by atoms with Crippen LogP contribution in [0.15, 0.2) is 35.4 Å². The first kappa shape index (κ1) is 11.5. The fourth-order valence-electron chi connectivity index (χ4n) is 1.44. The minimum absolute atomic E-state index is 0.0168. The molecular weight excluding hydrogens is 240 g/mol. The fourth-order valence-corrected chi connectivity index (χ4v) is 1.89. The minimum atomic E-state index is -0.446. The summed E-state index contributed by atoms with van der Waals surface area (Å²) in [5, 5.41) is 14.8. The average molecular weight is 250 g/mol. The van der Waals surface area contributed by atoms with Gasteiger partial charge < -0.3 is 5.73 Å². The van der Waals surface area contributed by atoms with Crippen LogP contribution in [0.5, 0.6) is 0 Å². The number of anilines is 1. The number of hydrogen-bond acceptors (Lipinski definition) is 5. The van der Waals surface area contributed by atoms with Crippen LogP contribution in [-0.4, -0.2) is 21.0 Å². The molecule has 0 saturated carbocycles. The molecule has 0 saturated heterocycles. The summed E-state index contributed by atoms with van der Waals surface area (Å²) in [7, 11) is 0. The summed E-state index contributed by atoms with van der Waals surface area (Å²) in [6, 6.07) is 6.19. The number of nitrogen functional groups attached to an aromatic ring is 1. The second-order valence-electron chi connectivity index (χ2n) is 3.29. The quantitative estimate of drug-likeness (QED) is 0.512.